The van der Waals surface area contributed by atoms with Crippen molar-refractivity contribution < 1.29 is 13.9 Å². The summed E-state index contributed by atoms with van der Waals surface area (Å²) in [6, 6.07) is 13.8. The van der Waals surface area contributed by atoms with Gasteiger partial charge in [-0.15, -0.1) is 24.8 Å². The molecule has 2 aromatic rings. The molecule has 0 saturated carbocycles. The molecule has 1 aliphatic rings. The molecule has 1 unspecified atom stereocenters. The van der Waals surface area contributed by atoms with Crippen LogP contribution in [0.4, 0.5) is 10.1 Å². The molecule has 1 fully saturated rings. The number of nitrogens with two attached hydrogens (primary N) is 1. The summed E-state index contributed by atoms with van der Waals surface area (Å²) in [5.74, 6) is -0.308. The molecule has 0 bridgehead atoms. The average molecular weight is 430 g/mol. The second-order valence-electron chi connectivity index (χ2n) is 6.44. The minimum absolute atomic E-state index is 0. The monoisotopic (exact) mass is 429 g/mol. The van der Waals surface area contributed by atoms with Crippen LogP contribution in [0.1, 0.15) is 17.2 Å². The van der Waals surface area contributed by atoms with Crippen LogP contribution in [0.3, 0.4) is 0 Å². The molecule has 154 valence electrons. The van der Waals surface area contributed by atoms with E-state index < -0.39 is 0 Å². The number of nitrogens with one attached hydrogen (secondary N) is 1. The van der Waals surface area contributed by atoms with Crippen molar-refractivity contribution in [3.63, 3.8) is 0 Å². The molecule has 1 amide bonds. The molecule has 8 heteroatoms. The van der Waals surface area contributed by atoms with Crippen molar-refractivity contribution in [2.24, 2.45) is 0 Å². The molecule has 5 nitrogen and oxygen atoms in total. The normalized spacial score (nSPS) is 15.0. The largest absolute Gasteiger partial charge is 0.399 e. The van der Waals surface area contributed by atoms with Crippen LogP contribution in [0.25, 0.3) is 0 Å². The molecule has 3 N–H and O–H groups in total. The predicted octanol–water partition coefficient (Wildman–Crippen LogP) is 2.98. The highest BCUT2D eigenvalue weighted by atomic mass is 35.5. The minimum atomic E-state index is -0.262. The molecule has 0 spiro atoms. The maximum Gasteiger partial charge on any atom is 0.224 e. The summed E-state index contributed by atoms with van der Waals surface area (Å²) in [6.07, 6.45) is 0.305. The third-order valence-electron chi connectivity index (χ3n) is 4.58. The number of anilines is 1. The van der Waals surface area contributed by atoms with Gasteiger partial charge in [0.1, 0.15) is 5.82 Å². The molecular weight excluding hydrogens is 404 g/mol. The Morgan fingerprint density at radius 3 is 2.29 bits per heavy atom. The topological polar surface area (TPSA) is 67.6 Å². The summed E-state index contributed by atoms with van der Waals surface area (Å²) in [7, 11) is 0. The van der Waals surface area contributed by atoms with Crippen LogP contribution in [0.2, 0.25) is 0 Å². The number of morpholine rings is 1. The van der Waals surface area contributed by atoms with Crippen LogP contribution in [-0.4, -0.2) is 43.7 Å². The summed E-state index contributed by atoms with van der Waals surface area (Å²) in [6.45, 7) is 3.37. The van der Waals surface area contributed by atoms with E-state index in [1.54, 1.807) is 24.3 Å². The first-order valence-corrected chi connectivity index (χ1v) is 8.80. The van der Waals surface area contributed by atoms with Crippen molar-refractivity contribution in [2.75, 3.05) is 38.6 Å². The maximum atomic E-state index is 13.3. The Bertz CT molecular complexity index is 723. The van der Waals surface area contributed by atoms with Gasteiger partial charge >= 0.3 is 0 Å². The molecule has 0 radical (unpaired) electrons. The maximum absolute atomic E-state index is 13.3. The highest BCUT2D eigenvalue weighted by molar-refractivity contribution is 5.85. The first-order valence-electron chi connectivity index (χ1n) is 8.80. The molecular formula is C20H26Cl2FN3O2. The first-order chi connectivity index (χ1) is 12.6. The van der Waals surface area contributed by atoms with Crippen molar-refractivity contribution in [1.82, 2.24) is 10.2 Å². The highest BCUT2D eigenvalue weighted by Gasteiger charge is 2.23. The summed E-state index contributed by atoms with van der Waals surface area (Å²) in [4.78, 5) is 14.6. The number of carbonyl (C=O) groups excluding carboxylic acids is 1. The molecule has 1 atom stereocenters. The number of ether oxygens (including phenoxy) is 1. The van der Waals surface area contributed by atoms with Gasteiger partial charge < -0.3 is 15.8 Å². The van der Waals surface area contributed by atoms with Gasteiger partial charge in [0.15, 0.2) is 0 Å². The smallest absolute Gasteiger partial charge is 0.224 e. The number of nitrogen functional groups attached to an aromatic ring is 1. The SMILES string of the molecule is Cl.Cl.Nc1ccc(CC(=O)NCC(c2ccc(F)cc2)N2CCOCC2)cc1. The Morgan fingerprint density at radius 1 is 1.07 bits per heavy atom. The molecule has 1 saturated heterocycles. The summed E-state index contributed by atoms with van der Waals surface area (Å²) in [5.41, 5.74) is 8.25. The summed E-state index contributed by atoms with van der Waals surface area (Å²) < 4.78 is 18.7. The number of amides is 1. The van der Waals surface area contributed by atoms with Crippen molar-refractivity contribution in [1.29, 1.82) is 0 Å². The van der Waals surface area contributed by atoms with E-state index in [1.807, 2.05) is 12.1 Å². The third kappa shape index (κ3) is 6.95. The van der Waals surface area contributed by atoms with E-state index >= 15 is 0 Å². The number of rotatable bonds is 6. The van der Waals surface area contributed by atoms with E-state index in [-0.39, 0.29) is 42.6 Å². The van der Waals surface area contributed by atoms with E-state index in [4.69, 9.17) is 10.5 Å². The zero-order valence-electron chi connectivity index (χ0n) is 15.5. The zero-order valence-corrected chi connectivity index (χ0v) is 17.1. The molecule has 1 aliphatic heterocycles. The molecule has 3 rings (SSSR count). The van der Waals surface area contributed by atoms with E-state index in [1.165, 1.54) is 12.1 Å². The number of benzene rings is 2. The number of hydrogen-bond donors (Lipinski definition) is 2. The van der Waals surface area contributed by atoms with Crippen molar-refractivity contribution in [3.8, 4) is 0 Å². The van der Waals surface area contributed by atoms with Crippen LogP contribution in [-0.2, 0) is 16.0 Å². The average Bonchev–Trinajstić information content (AvgIpc) is 2.66. The fraction of sp³-hybridized carbons (Fsp3) is 0.350. The first kappa shape index (κ1) is 24.2. The number of carbonyl (C=O) groups is 1. The van der Waals surface area contributed by atoms with Crippen LogP contribution < -0.4 is 11.1 Å². The fourth-order valence-corrected chi connectivity index (χ4v) is 3.13. The number of nitrogens with zero attached hydrogens (tertiary/aromatic N) is 1. The number of hydrogen-bond acceptors (Lipinski definition) is 4. The molecule has 0 aromatic heterocycles. The van der Waals surface area contributed by atoms with Gasteiger partial charge in [-0.3, -0.25) is 9.69 Å². The number of halogens is 3. The van der Waals surface area contributed by atoms with Gasteiger partial charge in [-0.1, -0.05) is 24.3 Å². The summed E-state index contributed by atoms with van der Waals surface area (Å²) in [5, 5.41) is 3.01. The molecule has 28 heavy (non-hydrogen) atoms. The lowest BCUT2D eigenvalue weighted by Gasteiger charge is -2.35. The molecule has 0 aliphatic carbocycles. The molecule has 1 heterocycles. The van der Waals surface area contributed by atoms with Gasteiger partial charge in [-0.05, 0) is 35.4 Å². The van der Waals surface area contributed by atoms with Crippen LogP contribution in [0.5, 0.6) is 0 Å². The van der Waals surface area contributed by atoms with E-state index in [0.29, 0.717) is 31.9 Å². The quantitative estimate of drug-likeness (QED) is 0.692. The minimum Gasteiger partial charge on any atom is -0.399 e. The molecule has 2 aromatic carbocycles. The predicted molar refractivity (Wildman–Crippen MR) is 114 cm³/mol. The second kappa shape index (κ2) is 11.9. The Balaban J connectivity index is 0.00000196. The van der Waals surface area contributed by atoms with E-state index in [9.17, 15) is 9.18 Å². The van der Waals surface area contributed by atoms with Crippen molar-refractivity contribution in [3.05, 3.63) is 65.5 Å². The van der Waals surface area contributed by atoms with Crippen molar-refractivity contribution in [2.45, 2.75) is 12.5 Å². The summed E-state index contributed by atoms with van der Waals surface area (Å²) >= 11 is 0. The zero-order chi connectivity index (χ0) is 18.4. The Morgan fingerprint density at radius 2 is 1.68 bits per heavy atom. The van der Waals surface area contributed by atoms with Gasteiger partial charge in [-0.25, -0.2) is 4.39 Å². The standard InChI is InChI=1S/C20H24FN3O2.2ClH/c21-17-5-3-16(4-6-17)19(24-9-11-26-12-10-24)14-23-20(25)13-15-1-7-18(22)8-2-15;;/h1-8,19H,9-14,22H2,(H,23,25);2*1H. The second-order valence-corrected chi connectivity index (χ2v) is 6.44. The van der Waals surface area contributed by atoms with Crippen LogP contribution >= 0.6 is 24.8 Å². The van der Waals surface area contributed by atoms with E-state index in [2.05, 4.69) is 10.2 Å². The van der Waals surface area contributed by atoms with Gasteiger partial charge in [0.05, 0.1) is 25.7 Å². The lowest BCUT2D eigenvalue weighted by molar-refractivity contribution is -0.120. The lowest BCUT2D eigenvalue weighted by Crippen LogP contribution is -2.44. The van der Waals surface area contributed by atoms with Gasteiger partial charge in [-0.2, -0.15) is 0 Å². The van der Waals surface area contributed by atoms with Crippen LogP contribution in [0, 0.1) is 5.82 Å². The Kier molecular flexibility index (Phi) is 10.2. The van der Waals surface area contributed by atoms with Gasteiger partial charge in [0, 0.05) is 25.3 Å². The van der Waals surface area contributed by atoms with Gasteiger partial charge in [0.2, 0.25) is 5.91 Å². The highest BCUT2D eigenvalue weighted by Crippen LogP contribution is 2.21. The van der Waals surface area contributed by atoms with Gasteiger partial charge in [0.25, 0.3) is 0 Å². The third-order valence-corrected chi connectivity index (χ3v) is 4.58. The Hall–Kier alpha value is -1.86. The van der Waals surface area contributed by atoms with Crippen molar-refractivity contribution >= 4 is 36.4 Å². The Labute approximate surface area is 177 Å². The lowest BCUT2D eigenvalue weighted by atomic mass is 10.0. The van der Waals surface area contributed by atoms with Crippen LogP contribution in [0.15, 0.2) is 48.5 Å². The fourth-order valence-electron chi connectivity index (χ4n) is 3.13. The van der Waals surface area contributed by atoms with E-state index in [0.717, 1.165) is 24.2 Å².